The zero-order valence-electron chi connectivity index (χ0n) is 9.57. The van der Waals surface area contributed by atoms with E-state index in [-0.39, 0.29) is 12.5 Å². The molecule has 0 saturated carbocycles. The fourth-order valence-corrected chi connectivity index (χ4v) is 1.74. The van der Waals surface area contributed by atoms with Crippen LogP contribution in [0.3, 0.4) is 0 Å². The Hall–Kier alpha value is -0.650. The van der Waals surface area contributed by atoms with Gasteiger partial charge in [0.15, 0.2) is 5.79 Å². The van der Waals surface area contributed by atoms with E-state index in [2.05, 4.69) is 5.32 Å². The van der Waals surface area contributed by atoms with Crippen molar-refractivity contribution in [2.45, 2.75) is 45.6 Å². The van der Waals surface area contributed by atoms with Crippen molar-refractivity contribution in [3.05, 3.63) is 0 Å². The molecule has 0 bridgehead atoms. The number of aliphatic hydroxyl groups is 2. The number of ether oxygens (including phenoxy) is 1. The molecule has 2 unspecified atom stereocenters. The second kappa shape index (κ2) is 3.73. The average molecular weight is 217 g/mol. The van der Waals surface area contributed by atoms with Gasteiger partial charge in [0.25, 0.3) is 0 Å². The summed E-state index contributed by atoms with van der Waals surface area (Å²) in [6.45, 7) is 6.26. The second-order valence-corrected chi connectivity index (χ2v) is 4.97. The quantitative estimate of drug-likeness (QED) is 0.563. The molecule has 0 aromatic carbocycles. The predicted molar refractivity (Wildman–Crippen MR) is 54.0 cm³/mol. The highest BCUT2D eigenvalue weighted by Gasteiger charge is 2.50. The highest BCUT2D eigenvalue weighted by Crippen LogP contribution is 2.34. The predicted octanol–water partition coefficient (Wildman–Crippen LogP) is -0.383. The number of nitrogens with one attached hydrogen (secondary N) is 1. The van der Waals surface area contributed by atoms with Crippen molar-refractivity contribution in [2.24, 2.45) is 5.41 Å². The highest BCUT2D eigenvalue weighted by atomic mass is 16.6. The number of rotatable bonds is 3. The molecule has 2 atom stereocenters. The number of hydrogen-bond donors (Lipinski definition) is 3. The van der Waals surface area contributed by atoms with E-state index >= 15 is 0 Å². The van der Waals surface area contributed by atoms with E-state index in [0.717, 1.165) is 0 Å². The Kier molecular flexibility index (Phi) is 3.09. The lowest BCUT2D eigenvalue weighted by molar-refractivity contribution is -0.225. The van der Waals surface area contributed by atoms with Crippen LogP contribution in [0.25, 0.3) is 0 Å². The van der Waals surface area contributed by atoms with Crippen molar-refractivity contribution in [1.29, 1.82) is 0 Å². The lowest BCUT2D eigenvalue weighted by atomic mass is 9.86. The molecule has 5 heteroatoms. The van der Waals surface area contributed by atoms with Gasteiger partial charge in [0.05, 0.1) is 24.2 Å². The van der Waals surface area contributed by atoms with Crippen LogP contribution in [-0.2, 0) is 9.53 Å². The summed E-state index contributed by atoms with van der Waals surface area (Å²) in [6, 6.07) is -0.459. The molecule has 1 amide bonds. The van der Waals surface area contributed by atoms with Crippen LogP contribution < -0.4 is 5.32 Å². The Balaban J connectivity index is 2.87. The van der Waals surface area contributed by atoms with Crippen LogP contribution in [-0.4, -0.2) is 40.7 Å². The number of carbonyl (C=O) groups is 1. The van der Waals surface area contributed by atoms with E-state index in [4.69, 9.17) is 9.84 Å². The van der Waals surface area contributed by atoms with Crippen molar-refractivity contribution in [3.8, 4) is 0 Å². The van der Waals surface area contributed by atoms with Crippen LogP contribution in [0.15, 0.2) is 0 Å². The van der Waals surface area contributed by atoms with Gasteiger partial charge in [0.2, 0.25) is 5.91 Å². The van der Waals surface area contributed by atoms with E-state index in [9.17, 15) is 9.90 Å². The Morgan fingerprint density at radius 2 is 2.07 bits per heavy atom. The van der Waals surface area contributed by atoms with Gasteiger partial charge in [-0.1, -0.05) is 0 Å². The Morgan fingerprint density at radius 3 is 2.47 bits per heavy atom. The van der Waals surface area contributed by atoms with Crippen LogP contribution in [0, 0.1) is 5.41 Å². The molecule has 0 aromatic heterocycles. The highest BCUT2D eigenvalue weighted by molar-refractivity contribution is 5.85. The van der Waals surface area contributed by atoms with Gasteiger partial charge in [0.1, 0.15) is 0 Å². The summed E-state index contributed by atoms with van der Waals surface area (Å²) in [4.78, 5) is 11.6. The van der Waals surface area contributed by atoms with Crippen LogP contribution in [0.2, 0.25) is 0 Å². The summed E-state index contributed by atoms with van der Waals surface area (Å²) in [7, 11) is 0. The number of amides is 1. The van der Waals surface area contributed by atoms with Gasteiger partial charge in [-0.2, -0.15) is 0 Å². The van der Waals surface area contributed by atoms with Crippen LogP contribution in [0.5, 0.6) is 0 Å². The van der Waals surface area contributed by atoms with Crippen LogP contribution >= 0.6 is 0 Å². The lowest BCUT2D eigenvalue weighted by Crippen LogP contribution is -2.44. The largest absolute Gasteiger partial charge is 0.394 e. The van der Waals surface area contributed by atoms with E-state index in [1.165, 1.54) is 13.8 Å². The van der Waals surface area contributed by atoms with Gasteiger partial charge < -0.3 is 20.3 Å². The molecule has 3 N–H and O–H groups in total. The molecule has 15 heavy (non-hydrogen) atoms. The van der Waals surface area contributed by atoms with Crippen molar-refractivity contribution in [2.75, 3.05) is 6.61 Å². The summed E-state index contributed by atoms with van der Waals surface area (Å²) >= 11 is 0. The van der Waals surface area contributed by atoms with Crippen molar-refractivity contribution < 1.29 is 19.7 Å². The minimum atomic E-state index is -1.32. The van der Waals surface area contributed by atoms with Gasteiger partial charge in [-0.05, 0) is 27.7 Å². The molecular weight excluding hydrogens is 198 g/mol. The number of aliphatic hydroxyl groups excluding tert-OH is 1. The molecule has 1 heterocycles. The first kappa shape index (κ1) is 12.4. The van der Waals surface area contributed by atoms with Crippen LogP contribution in [0.1, 0.15) is 27.7 Å². The van der Waals surface area contributed by atoms with Gasteiger partial charge >= 0.3 is 0 Å². The molecule has 0 radical (unpaired) electrons. The zero-order valence-corrected chi connectivity index (χ0v) is 9.57. The third-order valence-electron chi connectivity index (χ3n) is 2.59. The molecule has 1 saturated heterocycles. The van der Waals surface area contributed by atoms with E-state index in [1.54, 1.807) is 13.8 Å². The van der Waals surface area contributed by atoms with Crippen molar-refractivity contribution in [1.82, 2.24) is 5.32 Å². The molecule has 1 fully saturated rings. The molecule has 0 aliphatic carbocycles. The second-order valence-electron chi connectivity index (χ2n) is 4.97. The average Bonchev–Trinajstić information content (AvgIpc) is 2.26. The fourth-order valence-electron chi connectivity index (χ4n) is 1.74. The van der Waals surface area contributed by atoms with Gasteiger partial charge in [-0.3, -0.25) is 4.79 Å². The molecule has 1 aliphatic heterocycles. The Bertz CT molecular complexity index is 257. The first-order valence-electron chi connectivity index (χ1n) is 5.00. The van der Waals surface area contributed by atoms with Crippen LogP contribution in [0.4, 0.5) is 0 Å². The monoisotopic (exact) mass is 217 g/mol. The third-order valence-corrected chi connectivity index (χ3v) is 2.59. The van der Waals surface area contributed by atoms with E-state index < -0.39 is 23.3 Å². The van der Waals surface area contributed by atoms with E-state index in [0.29, 0.717) is 0 Å². The third kappa shape index (κ3) is 2.48. The van der Waals surface area contributed by atoms with Gasteiger partial charge in [-0.25, -0.2) is 0 Å². The number of hydrogen-bond acceptors (Lipinski definition) is 4. The molecular formula is C10H19NO4. The van der Waals surface area contributed by atoms with Gasteiger partial charge in [0, 0.05) is 0 Å². The standard InChI is InChI=1S/C10H19NO4/c1-9(2)7(15-10(3,4)14)6(5-12)11-8(9)13/h6-7,12,14H,5H2,1-4H3,(H,11,13). The summed E-state index contributed by atoms with van der Waals surface area (Å²) < 4.78 is 5.40. The summed E-state index contributed by atoms with van der Waals surface area (Å²) in [5, 5.41) is 21.3. The van der Waals surface area contributed by atoms with Crippen molar-refractivity contribution in [3.63, 3.8) is 0 Å². The minimum absolute atomic E-state index is 0.171. The lowest BCUT2D eigenvalue weighted by Gasteiger charge is -2.32. The molecule has 88 valence electrons. The maximum absolute atomic E-state index is 11.6. The maximum Gasteiger partial charge on any atom is 0.228 e. The molecule has 0 spiro atoms. The SMILES string of the molecule is CC(C)(O)OC1C(CO)NC(=O)C1(C)C. The Labute approximate surface area is 89.4 Å². The molecule has 1 aliphatic rings. The molecule has 0 aromatic rings. The molecule has 5 nitrogen and oxygen atoms in total. The Morgan fingerprint density at radius 1 is 1.53 bits per heavy atom. The minimum Gasteiger partial charge on any atom is -0.394 e. The summed E-state index contributed by atoms with van der Waals surface area (Å²) in [5.74, 6) is -1.49. The summed E-state index contributed by atoms with van der Waals surface area (Å²) in [6.07, 6.45) is -0.532. The smallest absolute Gasteiger partial charge is 0.228 e. The van der Waals surface area contributed by atoms with Gasteiger partial charge in [-0.15, -0.1) is 0 Å². The van der Waals surface area contributed by atoms with E-state index in [1.807, 2.05) is 0 Å². The molecule has 1 rings (SSSR count). The zero-order chi connectivity index (χ0) is 11.9. The van der Waals surface area contributed by atoms with Crippen molar-refractivity contribution >= 4 is 5.91 Å². The first-order valence-corrected chi connectivity index (χ1v) is 5.00. The first-order chi connectivity index (χ1) is 6.68. The fraction of sp³-hybridized carbons (Fsp3) is 0.900. The summed E-state index contributed by atoms with van der Waals surface area (Å²) in [5.41, 5.74) is -0.743. The normalized spacial score (nSPS) is 30.4. The topological polar surface area (TPSA) is 78.8 Å². The number of carbonyl (C=O) groups excluding carboxylic acids is 1. The maximum atomic E-state index is 11.6.